The number of nitrogens with one attached hydrogen (secondary N) is 3. The van der Waals surface area contributed by atoms with Gasteiger partial charge in [0.1, 0.15) is 18.4 Å². The summed E-state index contributed by atoms with van der Waals surface area (Å²) in [6.45, 7) is -0.547. The molecule has 3 N–H and O–H groups in total. The predicted molar refractivity (Wildman–Crippen MR) is 161 cm³/mol. The van der Waals surface area contributed by atoms with Crippen LogP contribution in [-0.2, 0) is 32.1 Å². The maximum atomic E-state index is 12.9. The molecule has 0 aliphatic carbocycles. The fraction of sp³-hybridized carbons (Fsp3) is 0.152. The predicted octanol–water partition coefficient (Wildman–Crippen LogP) is 4.97. The number of carbonyl (C=O) groups excluding carboxylic acids is 4. The van der Waals surface area contributed by atoms with Gasteiger partial charge in [0.2, 0.25) is 0 Å². The first-order valence-electron chi connectivity index (χ1n) is 13.4. The second kappa shape index (κ2) is 15.4. The smallest absolute Gasteiger partial charge is 0.408 e. The molecule has 0 saturated carbocycles. The highest BCUT2D eigenvalue weighted by Crippen LogP contribution is 2.17. The van der Waals surface area contributed by atoms with Crippen LogP contribution in [-0.4, -0.2) is 43.6 Å². The largest absolute Gasteiger partial charge is 0.497 e. The Kier molecular flexibility index (Phi) is 10.8. The second-order valence-electron chi connectivity index (χ2n) is 9.36. The van der Waals surface area contributed by atoms with Crippen molar-refractivity contribution in [1.29, 1.82) is 0 Å². The van der Waals surface area contributed by atoms with Gasteiger partial charge in [-0.05, 0) is 59.7 Å². The number of ether oxygens (including phenoxy) is 3. The number of hydrogen-bond donors (Lipinski definition) is 3. The second-order valence-corrected chi connectivity index (χ2v) is 9.36. The van der Waals surface area contributed by atoms with Gasteiger partial charge in [-0.15, -0.1) is 0 Å². The molecule has 3 amide bonds. The standard InChI is InChI=1S/C33H31N3O7/c1-41-28-18-16-27(17-19-28)35-31(38)25-12-14-26(15-13-25)34-30(37)22-42-32(39)29(20-23-8-4-2-5-9-23)36-33(40)43-21-24-10-6-3-7-11-24/h2-19,29H,20-22H2,1H3,(H,34,37)(H,35,38)(H,36,40)/t29-/m1/s1. The van der Waals surface area contributed by atoms with Gasteiger partial charge in [-0.1, -0.05) is 60.7 Å². The molecule has 43 heavy (non-hydrogen) atoms. The summed E-state index contributed by atoms with van der Waals surface area (Å²) in [6.07, 6.45) is -0.649. The number of rotatable bonds is 12. The first-order chi connectivity index (χ1) is 20.9. The van der Waals surface area contributed by atoms with Gasteiger partial charge in [0, 0.05) is 23.4 Å². The van der Waals surface area contributed by atoms with E-state index in [9.17, 15) is 19.2 Å². The van der Waals surface area contributed by atoms with Crippen molar-refractivity contribution in [2.75, 3.05) is 24.4 Å². The Morgan fingerprint density at radius 2 is 1.26 bits per heavy atom. The Bertz CT molecular complexity index is 1510. The summed E-state index contributed by atoms with van der Waals surface area (Å²) in [4.78, 5) is 50.4. The molecule has 10 heteroatoms. The zero-order chi connectivity index (χ0) is 30.4. The fourth-order valence-electron chi connectivity index (χ4n) is 3.97. The van der Waals surface area contributed by atoms with E-state index in [4.69, 9.17) is 14.2 Å². The van der Waals surface area contributed by atoms with Crippen LogP contribution < -0.4 is 20.7 Å². The third-order valence-corrected chi connectivity index (χ3v) is 6.20. The van der Waals surface area contributed by atoms with Crippen LogP contribution in [0.4, 0.5) is 16.2 Å². The zero-order valence-corrected chi connectivity index (χ0v) is 23.4. The quantitative estimate of drug-likeness (QED) is 0.201. The summed E-state index contributed by atoms with van der Waals surface area (Å²) in [5, 5.41) is 7.94. The Hall–Kier alpha value is -5.64. The molecular weight excluding hydrogens is 550 g/mol. The van der Waals surface area contributed by atoms with Crippen LogP contribution in [0.5, 0.6) is 5.75 Å². The molecule has 0 unspecified atom stereocenters. The van der Waals surface area contributed by atoms with Crippen LogP contribution in [0, 0.1) is 0 Å². The molecule has 220 valence electrons. The number of carbonyl (C=O) groups is 4. The first kappa shape index (κ1) is 30.3. The Morgan fingerprint density at radius 1 is 0.674 bits per heavy atom. The highest BCUT2D eigenvalue weighted by atomic mass is 16.6. The van der Waals surface area contributed by atoms with E-state index < -0.39 is 30.6 Å². The Balaban J connectivity index is 1.28. The highest BCUT2D eigenvalue weighted by molar-refractivity contribution is 6.04. The van der Waals surface area contributed by atoms with E-state index in [0.29, 0.717) is 22.7 Å². The number of benzene rings is 4. The molecule has 0 heterocycles. The molecule has 4 aromatic carbocycles. The molecular formula is C33H31N3O7. The summed E-state index contributed by atoms with van der Waals surface area (Å²) in [5.41, 5.74) is 2.98. The first-order valence-corrected chi connectivity index (χ1v) is 13.4. The fourth-order valence-corrected chi connectivity index (χ4v) is 3.97. The van der Waals surface area contributed by atoms with Crippen molar-refractivity contribution in [1.82, 2.24) is 5.32 Å². The molecule has 0 aliphatic rings. The maximum absolute atomic E-state index is 12.9. The lowest BCUT2D eigenvalue weighted by molar-refractivity contribution is -0.149. The van der Waals surface area contributed by atoms with Gasteiger partial charge in [0.25, 0.3) is 11.8 Å². The molecule has 0 bridgehead atoms. The monoisotopic (exact) mass is 581 g/mol. The average molecular weight is 582 g/mol. The van der Waals surface area contributed by atoms with E-state index in [1.807, 2.05) is 60.7 Å². The summed E-state index contributed by atoms with van der Waals surface area (Å²) in [5.74, 6) is -1.03. The zero-order valence-electron chi connectivity index (χ0n) is 23.4. The summed E-state index contributed by atoms with van der Waals surface area (Å²) < 4.78 is 15.6. The van der Waals surface area contributed by atoms with E-state index in [-0.39, 0.29) is 18.9 Å². The Labute approximate surface area is 249 Å². The topological polar surface area (TPSA) is 132 Å². The number of amides is 3. The molecule has 4 aromatic rings. The van der Waals surface area contributed by atoms with Crippen molar-refractivity contribution >= 4 is 35.3 Å². The minimum Gasteiger partial charge on any atom is -0.497 e. The minimum atomic E-state index is -1.08. The number of methoxy groups -OCH3 is 1. The molecule has 0 saturated heterocycles. The van der Waals surface area contributed by atoms with Crippen molar-refractivity contribution in [3.8, 4) is 5.75 Å². The van der Waals surface area contributed by atoms with Crippen molar-refractivity contribution < 1.29 is 33.4 Å². The van der Waals surface area contributed by atoms with Gasteiger partial charge >= 0.3 is 12.1 Å². The van der Waals surface area contributed by atoms with Crippen molar-refractivity contribution in [3.63, 3.8) is 0 Å². The molecule has 0 aliphatic heterocycles. The van der Waals surface area contributed by atoms with Crippen LogP contribution in [0.2, 0.25) is 0 Å². The van der Waals surface area contributed by atoms with E-state index in [1.165, 1.54) is 0 Å². The van der Waals surface area contributed by atoms with E-state index in [1.54, 1.807) is 55.6 Å². The van der Waals surface area contributed by atoms with E-state index in [0.717, 1.165) is 11.1 Å². The molecule has 0 fully saturated rings. The molecule has 10 nitrogen and oxygen atoms in total. The number of anilines is 2. The lowest BCUT2D eigenvalue weighted by Crippen LogP contribution is -2.44. The van der Waals surface area contributed by atoms with Gasteiger partial charge in [-0.3, -0.25) is 9.59 Å². The Morgan fingerprint density at radius 3 is 1.88 bits per heavy atom. The van der Waals surface area contributed by atoms with Crippen LogP contribution in [0.1, 0.15) is 21.5 Å². The van der Waals surface area contributed by atoms with Crippen LogP contribution in [0.25, 0.3) is 0 Å². The molecule has 0 spiro atoms. The van der Waals surface area contributed by atoms with Gasteiger partial charge in [-0.25, -0.2) is 9.59 Å². The van der Waals surface area contributed by atoms with Crippen molar-refractivity contribution in [2.45, 2.75) is 19.1 Å². The highest BCUT2D eigenvalue weighted by Gasteiger charge is 2.24. The normalized spacial score (nSPS) is 11.0. The summed E-state index contributed by atoms with van der Waals surface area (Å²) >= 11 is 0. The minimum absolute atomic E-state index is 0.0319. The number of hydrogen-bond acceptors (Lipinski definition) is 7. The number of alkyl carbamates (subject to hydrolysis) is 1. The average Bonchev–Trinajstić information content (AvgIpc) is 3.04. The van der Waals surface area contributed by atoms with Gasteiger partial charge in [0.05, 0.1) is 7.11 Å². The SMILES string of the molecule is COc1ccc(NC(=O)c2ccc(NC(=O)COC(=O)[C@@H](Cc3ccccc3)NC(=O)OCc3ccccc3)cc2)cc1. The molecule has 1 atom stereocenters. The van der Waals surface area contributed by atoms with Crippen LogP contribution in [0.15, 0.2) is 109 Å². The van der Waals surface area contributed by atoms with Gasteiger partial charge in [0.15, 0.2) is 6.61 Å². The number of esters is 1. The summed E-state index contributed by atoms with van der Waals surface area (Å²) in [7, 11) is 1.56. The van der Waals surface area contributed by atoms with Crippen molar-refractivity contribution in [3.05, 3.63) is 126 Å². The maximum Gasteiger partial charge on any atom is 0.408 e. The third kappa shape index (κ3) is 9.75. The summed E-state index contributed by atoms with van der Waals surface area (Å²) in [6, 6.07) is 30.3. The van der Waals surface area contributed by atoms with E-state index in [2.05, 4.69) is 16.0 Å². The lowest BCUT2D eigenvalue weighted by Gasteiger charge is -2.18. The third-order valence-electron chi connectivity index (χ3n) is 6.20. The van der Waals surface area contributed by atoms with Crippen LogP contribution in [0.3, 0.4) is 0 Å². The molecule has 0 aromatic heterocycles. The van der Waals surface area contributed by atoms with Crippen LogP contribution >= 0.6 is 0 Å². The van der Waals surface area contributed by atoms with E-state index >= 15 is 0 Å². The molecule has 0 radical (unpaired) electrons. The van der Waals surface area contributed by atoms with Crippen molar-refractivity contribution in [2.24, 2.45) is 0 Å². The van der Waals surface area contributed by atoms with Gasteiger partial charge < -0.3 is 30.2 Å². The molecule has 4 rings (SSSR count). The van der Waals surface area contributed by atoms with Gasteiger partial charge in [-0.2, -0.15) is 0 Å². The lowest BCUT2D eigenvalue weighted by atomic mass is 10.1.